The Morgan fingerprint density at radius 1 is 2.00 bits per heavy atom. The fourth-order valence-electron chi connectivity index (χ4n) is 0.150. The SMILES string of the molecule is CC(NN=[N+]=[N-])S(=O)[O-]. The van der Waals surface area contributed by atoms with Gasteiger partial charge < -0.3 is 4.55 Å². The minimum Gasteiger partial charge on any atom is -0.769 e. The Balaban J connectivity index is 3.63. The van der Waals surface area contributed by atoms with E-state index in [-0.39, 0.29) is 0 Å². The standard InChI is InChI=1S/C2H6N4O2S/c1-2(9(7)8)4-6-5-3/h2,4H,1H3,(H,7,8)/p-1. The summed E-state index contributed by atoms with van der Waals surface area (Å²) in [5, 5.41) is 2.00. The lowest BCUT2D eigenvalue weighted by molar-refractivity contribution is 0.511. The van der Waals surface area contributed by atoms with Gasteiger partial charge in [-0.05, 0) is 23.2 Å². The van der Waals surface area contributed by atoms with E-state index in [1.165, 1.54) is 6.92 Å². The zero-order chi connectivity index (χ0) is 7.28. The second-order valence-corrected chi connectivity index (χ2v) is 2.45. The molecule has 0 spiro atoms. The van der Waals surface area contributed by atoms with Crippen LogP contribution in [0.3, 0.4) is 0 Å². The van der Waals surface area contributed by atoms with Crippen molar-refractivity contribution < 1.29 is 8.76 Å². The lowest BCUT2D eigenvalue weighted by atomic mass is 10.8. The Kier molecular flexibility index (Phi) is 3.78. The molecule has 0 amide bonds. The van der Waals surface area contributed by atoms with Crippen molar-refractivity contribution >= 4 is 11.1 Å². The third-order valence-corrected chi connectivity index (χ3v) is 1.26. The molecular formula is C2H5N4O2S-. The summed E-state index contributed by atoms with van der Waals surface area (Å²) in [6, 6.07) is 0. The number of nitrogens with zero attached hydrogens (tertiary/aromatic N) is 3. The lowest BCUT2D eigenvalue weighted by Gasteiger charge is -2.08. The van der Waals surface area contributed by atoms with Crippen LogP contribution in [-0.2, 0) is 11.1 Å². The fourth-order valence-corrected chi connectivity index (χ4v) is 0.283. The van der Waals surface area contributed by atoms with Gasteiger partial charge in [-0.2, -0.15) is 4.91 Å². The molecule has 2 unspecified atom stereocenters. The van der Waals surface area contributed by atoms with Gasteiger partial charge in [-0.25, -0.2) is 5.43 Å². The predicted molar refractivity (Wildman–Crippen MR) is 30.7 cm³/mol. The van der Waals surface area contributed by atoms with E-state index in [0.717, 1.165) is 0 Å². The van der Waals surface area contributed by atoms with Crippen molar-refractivity contribution in [3.05, 3.63) is 10.4 Å². The van der Waals surface area contributed by atoms with E-state index in [0.29, 0.717) is 0 Å². The molecule has 52 valence electrons. The van der Waals surface area contributed by atoms with Crippen molar-refractivity contribution in [3.63, 3.8) is 0 Å². The van der Waals surface area contributed by atoms with E-state index in [2.05, 4.69) is 10.1 Å². The zero-order valence-electron chi connectivity index (χ0n) is 4.64. The maximum atomic E-state index is 9.96. The fraction of sp³-hybridized carbons (Fsp3) is 1.00. The molecule has 2 atom stereocenters. The van der Waals surface area contributed by atoms with Crippen LogP contribution in [0.4, 0.5) is 0 Å². The van der Waals surface area contributed by atoms with Crippen molar-refractivity contribution in [2.75, 3.05) is 0 Å². The van der Waals surface area contributed by atoms with Crippen molar-refractivity contribution in [1.82, 2.24) is 5.43 Å². The third kappa shape index (κ3) is 3.77. The summed E-state index contributed by atoms with van der Waals surface area (Å²) in [5.41, 5.74) is 9.72. The number of hydrogen-bond donors (Lipinski definition) is 1. The predicted octanol–water partition coefficient (Wildman–Crippen LogP) is 0.0264. The molecule has 0 saturated carbocycles. The first-order chi connectivity index (χ1) is 4.18. The highest BCUT2D eigenvalue weighted by molar-refractivity contribution is 7.79. The molecule has 0 aromatic carbocycles. The molecule has 0 heterocycles. The van der Waals surface area contributed by atoms with Crippen LogP contribution in [0.2, 0.25) is 0 Å². The van der Waals surface area contributed by atoms with Crippen LogP contribution in [0.1, 0.15) is 6.92 Å². The Labute approximate surface area is 54.1 Å². The molecular weight excluding hydrogens is 144 g/mol. The summed E-state index contributed by atoms with van der Waals surface area (Å²) in [5.74, 6) is 0. The van der Waals surface area contributed by atoms with Gasteiger partial charge >= 0.3 is 0 Å². The summed E-state index contributed by atoms with van der Waals surface area (Å²) in [6.07, 6.45) is 0. The summed E-state index contributed by atoms with van der Waals surface area (Å²) >= 11 is -2.24. The van der Waals surface area contributed by atoms with E-state index < -0.39 is 16.5 Å². The normalized spacial score (nSPS) is 15.3. The minimum absolute atomic E-state index is 0.833. The van der Waals surface area contributed by atoms with Crippen LogP contribution >= 0.6 is 0 Å². The Bertz CT molecular complexity index is 153. The molecule has 0 aliphatic carbocycles. The summed E-state index contributed by atoms with van der Waals surface area (Å²) in [4.78, 5) is 2.30. The van der Waals surface area contributed by atoms with Gasteiger partial charge in [0.15, 0.2) is 5.37 Å². The number of azide groups is 1. The molecule has 9 heavy (non-hydrogen) atoms. The van der Waals surface area contributed by atoms with Gasteiger partial charge in [-0.3, -0.25) is 4.21 Å². The number of rotatable bonds is 3. The topological polar surface area (TPSA) is 101 Å². The van der Waals surface area contributed by atoms with Crippen molar-refractivity contribution in [3.8, 4) is 0 Å². The van der Waals surface area contributed by atoms with Gasteiger partial charge in [0.05, 0.1) is 0 Å². The molecule has 0 bridgehead atoms. The molecule has 0 aromatic heterocycles. The average molecular weight is 149 g/mol. The quantitative estimate of drug-likeness (QED) is 0.201. The molecule has 0 radical (unpaired) electrons. The highest BCUT2D eigenvalue weighted by atomic mass is 32.2. The molecule has 0 aromatic rings. The van der Waals surface area contributed by atoms with E-state index >= 15 is 0 Å². The largest absolute Gasteiger partial charge is 0.769 e. The van der Waals surface area contributed by atoms with Gasteiger partial charge in [0.2, 0.25) is 0 Å². The molecule has 0 saturated heterocycles. The minimum atomic E-state index is -2.24. The van der Waals surface area contributed by atoms with E-state index in [1.54, 1.807) is 0 Å². The first-order valence-corrected chi connectivity index (χ1v) is 3.20. The maximum Gasteiger partial charge on any atom is 0.155 e. The van der Waals surface area contributed by atoms with Crippen LogP contribution in [0.15, 0.2) is 5.22 Å². The van der Waals surface area contributed by atoms with E-state index in [9.17, 15) is 8.76 Å². The highest BCUT2D eigenvalue weighted by Crippen LogP contribution is 1.84. The zero-order valence-corrected chi connectivity index (χ0v) is 5.46. The summed E-state index contributed by atoms with van der Waals surface area (Å²) in [6.45, 7) is 1.36. The van der Waals surface area contributed by atoms with Gasteiger partial charge in [0.1, 0.15) is 0 Å². The summed E-state index contributed by atoms with van der Waals surface area (Å²) in [7, 11) is 0. The van der Waals surface area contributed by atoms with Crippen molar-refractivity contribution in [1.29, 1.82) is 0 Å². The molecule has 0 aliphatic heterocycles. The van der Waals surface area contributed by atoms with Gasteiger partial charge in [0.25, 0.3) is 0 Å². The Morgan fingerprint density at radius 3 is 2.89 bits per heavy atom. The molecule has 0 aliphatic rings. The molecule has 0 fully saturated rings. The number of nitrogens with one attached hydrogen (secondary N) is 1. The molecule has 0 rings (SSSR count). The average Bonchev–Trinajstić information content (AvgIpc) is 1.82. The smallest absolute Gasteiger partial charge is 0.155 e. The van der Waals surface area contributed by atoms with Crippen LogP contribution in [0, 0.1) is 0 Å². The third-order valence-electron chi connectivity index (χ3n) is 0.573. The molecule has 6 nitrogen and oxygen atoms in total. The Hall–Kier alpha value is -0.780. The molecule has 7 heteroatoms. The van der Waals surface area contributed by atoms with Gasteiger partial charge in [-0.15, -0.1) is 5.53 Å². The lowest BCUT2D eigenvalue weighted by Crippen LogP contribution is -2.24. The van der Waals surface area contributed by atoms with Crippen LogP contribution in [0.5, 0.6) is 0 Å². The monoisotopic (exact) mass is 149 g/mol. The summed E-state index contributed by atoms with van der Waals surface area (Å²) < 4.78 is 19.9. The maximum absolute atomic E-state index is 9.96. The van der Waals surface area contributed by atoms with Gasteiger partial charge in [-0.1, -0.05) is 0 Å². The first kappa shape index (κ1) is 8.22. The van der Waals surface area contributed by atoms with E-state index in [4.69, 9.17) is 5.53 Å². The van der Waals surface area contributed by atoms with Crippen LogP contribution in [-0.4, -0.2) is 14.1 Å². The number of hydrogen-bond acceptors (Lipinski definition) is 3. The van der Waals surface area contributed by atoms with E-state index in [1.807, 2.05) is 5.43 Å². The van der Waals surface area contributed by atoms with Crippen LogP contribution in [0.25, 0.3) is 10.4 Å². The first-order valence-electron chi connectivity index (χ1n) is 2.06. The van der Waals surface area contributed by atoms with Crippen molar-refractivity contribution in [2.24, 2.45) is 5.22 Å². The van der Waals surface area contributed by atoms with Gasteiger partial charge in [0, 0.05) is 0 Å². The second kappa shape index (κ2) is 4.13. The highest BCUT2D eigenvalue weighted by Gasteiger charge is 1.98. The second-order valence-electron chi connectivity index (χ2n) is 1.22. The Morgan fingerprint density at radius 2 is 2.56 bits per heavy atom. The van der Waals surface area contributed by atoms with Crippen LogP contribution < -0.4 is 5.43 Å². The van der Waals surface area contributed by atoms with Crippen molar-refractivity contribution in [2.45, 2.75) is 12.3 Å². The molecule has 1 N–H and O–H groups in total.